The molecule has 0 saturated heterocycles. The molecular weight excluding hydrogens is 556 g/mol. The molecule has 0 heterocycles. The molecule has 0 bridgehead atoms. The lowest BCUT2D eigenvalue weighted by atomic mass is 10.0. The van der Waals surface area contributed by atoms with Crippen LogP contribution >= 0.6 is 0 Å². The number of hydrogen-bond donors (Lipinski definition) is 2. The first kappa shape index (κ1) is 37.4. The first-order valence-electron chi connectivity index (χ1n) is 16.8. The van der Waals surface area contributed by atoms with Gasteiger partial charge in [-0.1, -0.05) is 145 Å². The SMILES string of the molecule is CCCCCCCCCCCCCCC(COCCC(=O)NOCc1ccccc1)OCCC(=O)NOCc1ccccc1. The van der Waals surface area contributed by atoms with Gasteiger partial charge in [-0.25, -0.2) is 11.0 Å². The monoisotopic (exact) mass is 612 g/mol. The standard InChI is InChI=1S/C36H56N2O6/c1-2-3-4-5-6-7-8-9-10-11-12-19-24-34(42-28-26-36(40)38-44-30-33-22-17-14-18-23-33)31-41-27-25-35(39)37-43-29-32-20-15-13-16-21-32/h13-18,20-23,34H,2-12,19,24-31H2,1H3,(H,37,39)(H,38,40). The van der Waals surface area contributed by atoms with Crippen LogP contribution in [0.2, 0.25) is 0 Å². The van der Waals surface area contributed by atoms with Gasteiger partial charge < -0.3 is 9.47 Å². The van der Waals surface area contributed by atoms with E-state index < -0.39 is 0 Å². The summed E-state index contributed by atoms with van der Waals surface area (Å²) in [7, 11) is 0. The van der Waals surface area contributed by atoms with Gasteiger partial charge in [0.15, 0.2) is 0 Å². The fraction of sp³-hybridized carbons (Fsp3) is 0.611. The minimum Gasteiger partial charge on any atom is -0.378 e. The fourth-order valence-corrected chi connectivity index (χ4v) is 4.78. The molecule has 2 N–H and O–H groups in total. The number of unbranched alkanes of at least 4 members (excludes halogenated alkanes) is 11. The van der Waals surface area contributed by atoms with Crippen molar-refractivity contribution >= 4 is 11.8 Å². The van der Waals surface area contributed by atoms with Gasteiger partial charge in [0.2, 0.25) is 11.8 Å². The lowest BCUT2D eigenvalue weighted by Crippen LogP contribution is -2.28. The Bertz CT molecular complexity index is 960. The van der Waals surface area contributed by atoms with Gasteiger partial charge in [0.1, 0.15) is 0 Å². The number of amides is 2. The Labute approximate surface area is 265 Å². The molecule has 44 heavy (non-hydrogen) atoms. The van der Waals surface area contributed by atoms with Gasteiger partial charge in [-0.3, -0.25) is 19.3 Å². The van der Waals surface area contributed by atoms with Crippen LogP contribution < -0.4 is 11.0 Å². The van der Waals surface area contributed by atoms with Crippen molar-refractivity contribution in [1.29, 1.82) is 0 Å². The molecule has 0 aliphatic carbocycles. The average molecular weight is 613 g/mol. The van der Waals surface area contributed by atoms with Crippen molar-refractivity contribution in [3.63, 3.8) is 0 Å². The van der Waals surface area contributed by atoms with Crippen LogP contribution in [-0.2, 0) is 42.0 Å². The van der Waals surface area contributed by atoms with E-state index in [0.717, 1.165) is 30.4 Å². The number of nitrogens with one attached hydrogen (secondary N) is 2. The molecule has 0 fully saturated rings. The van der Waals surface area contributed by atoms with E-state index in [1.807, 2.05) is 60.7 Å². The first-order valence-corrected chi connectivity index (χ1v) is 16.8. The molecule has 1 atom stereocenters. The maximum Gasteiger partial charge on any atom is 0.245 e. The maximum absolute atomic E-state index is 12.2. The van der Waals surface area contributed by atoms with Crippen LogP contribution in [0.15, 0.2) is 60.7 Å². The van der Waals surface area contributed by atoms with E-state index in [2.05, 4.69) is 17.9 Å². The van der Waals surface area contributed by atoms with E-state index in [-0.39, 0.29) is 44.0 Å². The third kappa shape index (κ3) is 21.0. The van der Waals surface area contributed by atoms with Crippen LogP contribution in [0.5, 0.6) is 0 Å². The molecule has 0 spiro atoms. The van der Waals surface area contributed by atoms with Gasteiger partial charge in [-0.15, -0.1) is 0 Å². The van der Waals surface area contributed by atoms with Gasteiger partial charge in [-0.05, 0) is 17.5 Å². The highest BCUT2D eigenvalue weighted by atomic mass is 16.7. The van der Waals surface area contributed by atoms with E-state index in [0.29, 0.717) is 19.8 Å². The Morgan fingerprint density at radius 3 is 1.57 bits per heavy atom. The molecule has 0 aliphatic rings. The number of benzene rings is 2. The van der Waals surface area contributed by atoms with Gasteiger partial charge in [-0.2, -0.15) is 0 Å². The number of rotatable bonds is 28. The summed E-state index contributed by atoms with van der Waals surface area (Å²) in [6.45, 7) is 3.81. The predicted molar refractivity (Wildman–Crippen MR) is 174 cm³/mol. The summed E-state index contributed by atoms with van der Waals surface area (Å²) in [5.41, 5.74) is 6.92. The molecular formula is C36H56N2O6. The summed E-state index contributed by atoms with van der Waals surface area (Å²) in [5, 5.41) is 0. The van der Waals surface area contributed by atoms with Crippen molar-refractivity contribution < 1.29 is 28.7 Å². The second-order valence-electron chi connectivity index (χ2n) is 11.3. The molecule has 8 nitrogen and oxygen atoms in total. The highest BCUT2D eigenvalue weighted by Crippen LogP contribution is 2.14. The lowest BCUT2D eigenvalue weighted by Gasteiger charge is -2.18. The van der Waals surface area contributed by atoms with Gasteiger partial charge in [0.05, 0.1) is 52.0 Å². The average Bonchev–Trinajstić information content (AvgIpc) is 3.04. The van der Waals surface area contributed by atoms with Crippen molar-refractivity contribution in [3.8, 4) is 0 Å². The summed E-state index contributed by atoms with van der Waals surface area (Å²) in [6, 6.07) is 19.3. The lowest BCUT2D eigenvalue weighted by molar-refractivity contribution is -0.138. The van der Waals surface area contributed by atoms with Crippen molar-refractivity contribution in [2.75, 3.05) is 19.8 Å². The van der Waals surface area contributed by atoms with Gasteiger partial charge >= 0.3 is 0 Å². The third-order valence-corrected chi connectivity index (χ3v) is 7.37. The molecule has 0 aliphatic heterocycles. The molecule has 0 radical (unpaired) electrons. The maximum atomic E-state index is 12.2. The summed E-state index contributed by atoms with van der Waals surface area (Å²) >= 11 is 0. The minimum absolute atomic E-state index is 0.131. The zero-order chi connectivity index (χ0) is 31.3. The van der Waals surface area contributed by atoms with E-state index in [4.69, 9.17) is 19.1 Å². The Morgan fingerprint density at radius 1 is 0.614 bits per heavy atom. The molecule has 0 aromatic heterocycles. The van der Waals surface area contributed by atoms with E-state index in [1.165, 1.54) is 64.2 Å². The third-order valence-electron chi connectivity index (χ3n) is 7.37. The van der Waals surface area contributed by atoms with Gasteiger partial charge in [0, 0.05) is 0 Å². The van der Waals surface area contributed by atoms with E-state index >= 15 is 0 Å². The van der Waals surface area contributed by atoms with Crippen LogP contribution in [0.3, 0.4) is 0 Å². The highest BCUT2D eigenvalue weighted by molar-refractivity contribution is 5.75. The normalized spacial score (nSPS) is 11.8. The molecule has 2 rings (SSSR count). The number of hydroxylamine groups is 2. The highest BCUT2D eigenvalue weighted by Gasteiger charge is 2.12. The summed E-state index contributed by atoms with van der Waals surface area (Å²) in [5.74, 6) is -0.454. The zero-order valence-electron chi connectivity index (χ0n) is 26.9. The number of carbonyl (C=O) groups excluding carboxylic acids is 2. The first-order chi connectivity index (χ1) is 21.7. The summed E-state index contributed by atoms with van der Waals surface area (Å²) in [4.78, 5) is 34.9. The molecule has 8 heteroatoms. The fourth-order valence-electron chi connectivity index (χ4n) is 4.78. The Kier molecular flexibility index (Phi) is 22.6. The summed E-state index contributed by atoms with van der Waals surface area (Å²) in [6.07, 6.45) is 16.7. The second kappa shape index (κ2) is 26.6. The van der Waals surface area contributed by atoms with Crippen molar-refractivity contribution in [1.82, 2.24) is 11.0 Å². The van der Waals surface area contributed by atoms with Crippen LogP contribution in [0, 0.1) is 0 Å². The molecule has 1 unspecified atom stereocenters. The Hall–Kier alpha value is -2.78. The van der Waals surface area contributed by atoms with Crippen molar-refractivity contribution in [2.45, 2.75) is 123 Å². The van der Waals surface area contributed by atoms with Crippen molar-refractivity contribution in [3.05, 3.63) is 71.8 Å². The van der Waals surface area contributed by atoms with Crippen LogP contribution in [0.4, 0.5) is 0 Å². The molecule has 2 amide bonds. The number of carbonyl (C=O) groups is 2. The van der Waals surface area contributed by atoms with E-state index in [9.17, 15) is 9.59 Å². The van der Waals surface area contributed by atoms with E-state index in [1.54, 1.807) is 0 Å². The van der Waals surface area contributed by atoms with Crippen LogP contribution in [-0.4, -0.2) is 37.7 Å². The molecule has 2 aromatic carbocycles. The van der Waals surface area contributed by atoms with Crippen LogP contribution in [0.1, 0.15) is 114 Å². The quantitative estimate of drug-likeness (QED) is 0.0754. The van der Waals surface area contributed by atoms with Gasteiger partial charge in [0.25, 0.3) is 0 Å². The molecule has 0 saturated carbocycles. The van der Waals surface area contributed by atoms with Crippen molar-refractivity contribution in [2.24, 2.45) is 0 Å². The Balaban J connectivity index is 1.59. The zero-order valence-corrected chi connectivity index (χ0v) is 26.9. The topological polar surface area (TPSA) is 95.1 Å². The predicted octanol–water partition coefficient (Wildman–Crippen LogP) is 7.76. The van der Waals surface area contributed by atoms with Crippen LogP contribution in [0.25, 0.3) is 0 Å². The number of ether oxygens (including phenoxy) is 2. The Morgan fingerprint density at radius 2 is 1.07 bits per heavy atom. The number of hydrogen-bond acceptors (Lipinski definition) is 6. The smallest absolute Gasteiger partial charge is 0.245 e. The molecule has 2 aromatic rings. The minimum atomic E-state index is -0.230. The summed E-state index contributed by atoms with van der Waals surface area (Å²) < 4.78 is 11.8. The molecule has 246 valence electrons. The largest absolute Gasteiger partial charge is 0.378 e. The second-order valence-corrected chi connectivity index (χ2v) is 11.3.